The summed E-state index contributed by atoms with van der Waals surface area (Å²) < 4.78 is 0. The van der Waals surface area contributed by atoms with Crippen LogP contribution in [0, 0.1) is 0 Å². The van der Waals surface area contributed by atoms with Crippen LogP contribution >= 0.6 is 11.6 Å². The first-order valence-corrected chi connectivity index (χ1v) is 8.65. The van der Waals surface area contributed by atoms with Gasteiger partial charge in [0.25, 0.3) is 0 Å². The Morgan fingerprint density at radius 1 is 1.17 bits per heavy atom. The molecule has 3 nitrogen and oxygen atoms in total. The molecule has 4 heteroatoms. The minimum absolute atomic E-state index is 0.00438. The number of carbonyl (C=O) groups is 1. The molecule has 1 heterocycles. The van der Waals surface area contributed by atoms with Crippen molar-refractivity contribution in [2.24, 2.45) is 0 Å². The van der Waals surface area contributed by atoms with Crippen LogP contribution in [0.15, 0.2) is 54.7 Å². The molecule has 0 unspecified atom stereocenters. The fraction of sp³-hybridized carbons (Fsp3) is 0.250. The Morgan fingerprint density at radius 2 is 1.92 bits per heavy atom. The van der Waals surface area contributed by atoms with Gasteiger partial charge in [0.05, 0.1) is 0 Å². The van der Waals surface area contributed by atoms with Gasteiger partial charge in [-0.05, 0) is 35.7 Å². The van der Waals surface area contributed by atoms with Gasteiger partial charge in [0.15, 0.2) is 0 Å². The molecule has 0 saturated heterocycles. The van der Waals surface area contributed by atoms with E-state index in [1.807, 2.05) is 42.6 Å². The van der Waals surface area contributed by atoms with Gasteiger partial charge in [0.2, 0.25) is 5.91 Å². The lowest BCUT2D eigenvalue weighted by molar-refractivity contribution is -0.121. The second-order valence-corrected chi connectivity index (χ2v) is 6.38. The summed E-state index contributed by atoms with van der Waals surface area (Å²) in [5, 5.41) is 4.83. The largest absolute Gasteiger partial charge is 0.361 e. The first-order valence-electron chi connectivity index (χ1n) is 8.27. The predicted molar refractivity (Wildman–Crippen MR) is 99.5 cm³/mol. The van der Waals surface area contributed by atoms with Crippen molar-refractivity contribution in [2.45, 2.75) is 25.7 Å². The average molecular weight is 341 g/mol. The van der Waals surface area contributed by atoms with Crippen LogP contribution in [0.3, 0.4) is 0 Å². The fourth-order valence-corrected chi connectivity index (χ4v) is 3.13. The van der Waals surface area contributed by atoms with E-state index in [2.05, 4.69) is 29.4 Å². The van der Waals surface area contributed by atoms with Gasteiger partial charge in [0, 0.05) is 41.0 Å². The van der Waals surface area contributed by atoms with Crippen molar-refractivity contribution in [1.29, 1.82) is 0 Å². The molecule has 3 rings (SSSR count). The molecular formula is C20H21ClN2O. The summed E-state index contributed by atoms with van der Waals surface area (Å²) in [5.41, 5.74) is 3.32. The van der Waals surface area contributed by atoms with Crippen LogP contribution in [-0.4, -0.2) is 17.4 Å². The van der Waals surface area contributed by atoms with E-state index < -0.39 is 0 Å². The third-order valence-electron chi connectivity index (χ3n) is 4.23. The SMILES string of the molecule is CCCNC(=O)C[C@H](c1ccc(Cl)cc1)c1c[nH]c2ccccc12. The Hall–Kier alpha value is -2.26. The lowest BCUT2D eigenvalue weighted by Crippen LogP contribution is -2.26. The summed E-state index contributed by atoms with van der Waals surface area (Å²) in [6, 6.07) is 15.9. The number of aromatic nitrogens is 1. The highest BCUT2D eigenvalue weighted by molar-refractivity contribution is 6.30. The minimum atomic E-state index is -0.00438. The van der Waals surface area contributed by atoms with Crippen LogP contribution in [0.1, 0.15) is 36.8 Å². The van der Waals surface area contributed by atoms with Gasteiger partial charge in [-0.15, -0.1) is 0 Å². The fourth-order valence-electron chi connectivity index (χ4n) is 3.01. The first kappa shape index (κ1) is 16.6. The zero-order chi connectivity index (χ0) is 16.9. The highest BCUT2D eigenvalue weighted by Crippen LogP contribution is 2.33. The van der Waals surface area contributed by atoms with E-state index in [0.717, 1.165) is 28.5 Å². The maximum atomic E-state index is 12.3. The Kier molecular flexibility index (Phi) is 5.21. The maximum Gasteiger partial charge on any atom is 0.220 e. The number of nitrogens with one attached hydrogen (secondary N) is 2. The van der Waals surface area contributed by atoms with Gasteiger partial charge in [-0.3, -0.25) is 4.79 Å². The van der Waals surface area contributed by atoms with Crippen molar-refractivity contribution >= 4 is 28.4 Å². The number of benzene rings is 2. The van der Waals surface area contributed by atoms with E-state index in [9.17, 15) is 4.79 Å². The number of halogens is 1. The topological polar surface area (TPSA) is 44.9 Å². The van der Waals surface area contributed by atoms with Gasteiger partial charge in [0.1, 0.15) is 0 Å². The Morgan fingerprint density at radius 3 is 2.67 bits per heavy atom. The molecule has 0 fully saturated rings. The predicted octanol–water partition coefficient (Wildman–Crippen LogP) is 4.87. The van der Waals surface area contributed by atoms with Crippen molar-refractivity contribution in [3.8, 4) is 0 Å². The molecule has 1 amide bonds. The monoisotopic (exact) mass is 340 g/mol. The maximum absolute atomic E-state index is 12.3. The van der Waals surface area contributed by atoms with Crippen LogP contribution in [0.25, 0.3) is 10.9 Å². The number of para-hydroxylation sites is 1. The van der Waals surface area contributed by atoms with E-state index in [1.54, 1.807) is 0 Å². The molecule has 3 aromatic rings. The third-order valence-corrected chi connectivity index (χ3v) is 4.48. The molecule has 0 aliphatic carbocycles. The van der Waals surface area contributed by atoms with E-state index >= 15 is 0 Å². The summed E-state index contributed by atoms with van der Waals surface area (Å²) >= 11 is 6.03. The quantitative estimate of drug-likeness (QED) is 0.660. The second-order valence-electron chi connectivity index (χ2n) is 5.95. The van der Waals surface area contributed by atoms with E-state index in [4.69, 9.17) is 11.6 Å². The molecule has 0 aliphatic heterocycles. The molecule has 0 aliphatic rings. The zero-order valence-electron chi connectivity index (χ0n) is 13.7. The van der Waals surface area contributed by atoms with Crippen molar-refractivity contribution in [3.63, 3.8) is 0 Å². The number of H-pyrrole nitrogens is 1. The van der Waals surface area contributed by atoms with Crippen LogP contribution < -0.4 is 5.32 Å². The summed E-state index contributed by atoms with van der Waals surface area (Å²) in [7, 11) is 0. The third kappa shape index (κ3) is 3.62. The standard InChI is InChI=1S/C20H21ClN2O/c1-2-11-22-20(24)12-17(14-7-9-15(21)10-8-14)18-13-23-19-6-4-3-5-16(18)19/h3-10,13,17,23H,2,11-12H2,1H3,(H,22,24)/t17-/m1/s1. The molecule has 24 heavy (non-hydrogen) atoms. The number of fused-ring (bicyclic) bond motifs is 1. The van der Waals surface area contributed by atoms with Gasteiger partial charge in [-0.25, -0.2) is 0 Å². The number of carbonyl (C=O) groups excluding carboxylic acids is 1. The molecule has 1 atom stereocenters. The minimum Gasteiger partial charge on any atom is -0.361 e. The normalized spacial score (nSPS) is 12.2. The average Bonchev–Trinajstić information content (AvgIpc) is 3.03. The Balaban J connectivity index is 1.98. The molecule has 2 aromatic carbocycles. The summed E-state index contributed by atoms with van der Waals surface area (Å²) in [4.78, 5) is 15.6. The molecule has 0 bridgehead atoms. The molecule has 124 valence electrons. The number of hydrogen-bond donors (Lipinski definition) is 2. The lowest BCUT2D eigenvalue weighted by Gasteiger charge is -2.17. The van der Waals surface area contributed by atoms with Gasteiger partial charge in [-0.1, -0.05) is 48.9 Å². The van der Waals surface area contributed by atoms with Gasteiger partial charge < -0.3 is 10.3 Å². The van der Waals surface area contributed by atoms with Crippen LogP contribution in [-0.2, 0) is 4.79 Å². The van der Waals surface area contributed by atoms with E-state index in [1.165, 1.54) is 0 Å². The zero-order valence-corrected chi connectivity index (χ0v) is 14.4. The lowest BCUT2D eigenvalue weighted by atomic mass is 9.88. The summed E-state index contributed by atoms with van der Waals surface area (Å²) in [5.74, 6) is 0.0670. The number of amides is 1. The van der Waals surface area contributed by atoms with Gasteiger partial charge in [-0.2, -0.15) is 0 Å². The summed E-state index contributed by atoms with van der Waals surface area (Å²) in [6.45, 7) is 2.76. The van der Waals surface area contributed by atoms with Crippen molar-refractivity contribution in [1.82, 2.24) is 10.3 Å². The van der Waals surface area contributed by atoms with Gasteiger partial charge >= 0.3 is 0 Å². The number of hydrogen-bond acceptors (Lipinski definition) is 1. The smallest absolute Gasteiger partial charge is 0.220 e. The second kappa shape index (κ2) is 7.54. The Labute approximate surface area is 147 Å². The number of rotatable bonds is 6. The molecule has 2 N–H and O–H groups in total. The first-order chi connectivity index (χ1) is 11.7. The van der Waals surface area contributed by atoms with Crippen LogP contribution in [0.4, 0.5) is 0 Å². The van der Waals surface area contributed by atoms with E-state index in [0.29, 0.717) is 18.0 Å². The van der Waals surface area contributed by atoms with Crippen LogP contribution in [0.2, 0.25) is 5.02 Å². The van der Waals surface area contributed by atoms with Crippen molar-refractivity contribution in [3.05, 3.63) is 70.9 Å². The molecule has 0 spiro atoms. The van der Waals surface area contributed by atoms with Crippen LogP contribution in [0.5, 0.6) is 0 Å². The Bertz CT molecular complexity index is 823. The number of aromatic amines is 1. The molecule has 0 radical (unpaired) electrons. The molecule has 0 saturated carbocycles. The highest BCUT2D eigenvalue weighted by atomic mass is 35.5. The summed E-state index contributed by atoms with van der Waals surface area (Å²) in [6.07, 6.45) is 3.37. The van der Waals surface area contributed by atoms with Crippen molar-refractivity contribution in [2.75, 3.05) is 6.54 Å². The highest BCUT2D eigenvalue weighted by Gasteiger charge is 2.21. The van der Waals surface area contributed by atoms with Crippen molar-refractivity contribution < 1.29 is 4.79 Å². The molecule has 1 aromatic heterocycles. The van der Waals surface area contributed by atoms with E-state index in [-0.39, 0.29) is 11.8 Å². The molecular weight excluding hydrogens is 320 g/mol.